The fourth-order valence-electron chi connectivity index (χ4n) is 1.39. The Morgan fingerprint density at radius 2 is 2.17 bits per heavy atom. The molecule has 0 amide bonds. The molecule has 1 aromatic heterocycles. The molecule has 0 saturated heterocycles. The van der Waals surface area contributed by atoms with Gasteiger partial charge in [-0.25, -0.2) is 9.67 Å². The Labute approximate surface area is 113 Å². The van der Waals surface area contributed by atoms with E-state index in [9.17, 15) is 4.79 Å². The number of nitrogens with one attached hydrogen (secondary N) is 1. The van der Waals surface area contributed by atoms with Gasteiger partial charge in [-0.1, -0.05) is 11.6 Å². The molecule has 0 aliphatic rings. The number of ether oxygens (including phenoxy) is 1. The number of ketones is 1. The van der Waals surface area contributed by atoms with Gasteiger partial charge in [0.15, 0.2) is 5.78 Å². The third kappa shape index (κ3) is 2.77. The van der Waals surface area contributed by atoms with Gasteiger partial charge in [0, 0.05) is 11.9 Å². The molecule has 0 bridgehead atoms. The highest BCUT2D eigenvalue weighted by Crippen LogP contribution is 2.20. The number of carbonyl (C=O) groups is 1. The number of hydrogen-bond acceptors (Lipinski definition) is 4. The second-order valence-electron chi connectivity index (χ2n) is 3.57. The smallest absolute Gasteiger partial charge is 0.250 e. The Morgan fingerprint density at radius 1 is 1.50 bits per heavy atom. The summed E-state index contributed by atoms with van der Waals surface area (Å²) in [6.45, 7) is 1.42. The highest BCUT2D eigenvalue weighted by Gasteiger charge is 2.19. The third-order valence-corrected chi connectivity index (χ3v) is 2.78. The molecule has 2 aromatic rings. The molecule has 0 aliphatic heterocycles. The maximum Gasteiger partial charge on any atom is 0.250 e. The number of aromatic amines is 1. The highest BCUT2D eigenvalue weighted by molar-refractivity contribution is 7.71. The van der Waals surface area contributed by atoms with Crippen LogP contribution in [0.15, 0.2) is 30.6 Å². The van der Waals surface area contributed by atoms with E-state index in [1.807, 2.05) is 0 Å². The van der Waals surface area contributed by atoms with Gasteiger partial charge in [-0.15, -0.1) is 0 Å². The Morgan fingerprint density at radius 3 is 2.67 bits per heavy atom. The molecule has 1 N–H and O–H groups in total. The van der Waals surface area contributed by atoms with E-state index in [0.717, 1.165) is 0 Å². The standard InChI is InChI=1S/C11H10ClN3O2S/c1-7(16)10(15-11(18)13-6-14-15)17-9-4-2-8(12)3-5-9/h2-6,10H,1H3,(H,13,14,18). The summed E-state index contributed by atoms with van der Waals surface area (Å²) in [5, 5.41) is 3.35. The van der Waals surface area contributed by atoms with Gasteiger partial charge in [0.05, 0.1) is 0 Å². The van der Waals surface area contributed by atoms with Gasteiger partial charge in [-0.2, -0.15) is 0 Å². The number of rotatable bonds is 4. The first-order chi connectivity index (χ1) is 8.58. The Balaban J connectivity index is 2.28. The third-order valence-electron chi connectivity index (χ3n) is 2.22. The average Bonchev–Trinajstić information content (AvgIpc) is 2.74. The van der Waals surface area contributed by atoms with Crippen molar-refractivity contribution in [3.63, 3.8) is 0 Å². The molecule has 2 rings (SSSR count). The SMILES string of the molecule is CC(=O)C(Oc1ccc(Cl)cc1)n1[nH]cnc1=S. The van der Waals surface area contributed by atoms with Crippen molar-refractivity contribution in [1.29, 1.82) is 0 Å². The molecular formula is C11H10ClN3O2S. The number of nitrogens with zero attached hydrogens (tertiary/aromatic N) is 2. The highest BCUT2D eigenvalue weighted by atomic mass is 35.5. The molecule has 0 aliphatic carbocycles. The predicted molar refractivity (Wildman–Crippen MR) is 69.2 cm³/mol. The van der Waals surface area contributed by atoms with Gasteiger partial charge >= 0.3 is 0 Å². The van der Waals surface area contributed by atoms with Crippen LogP contribution in [0.5, 0.6) is 5.75 Å². The zero-order valence-electron chi connectivity index (χ0n) is 9.46. The molecule has 0 fully saturated rings. The van der Waals surface area contributed by atoms with E-state index in [4.69, 9.17) is 28.6 Å². The number of aromatic nitrogens is 3. The first kappa shape index (κ1) is 12.8. The Kier molecular flexibility index (Phi) is 3.78. The van der Waals surface area contributed by atoms with Crippen LogP contribution in [0.2, 0.25) is 5.02 Å². The quantitative estimate of drug-likeness (QED) is 0.877. The first-order valence-corrected chi connectivity index (χ1v) is 5.91. The van der Waals surface area contributed by atoms with Crippen LogP contribution >= 0.6 is 23.8 Å². The van der Waals surface area contributed by atoms with Crippen LogP contribution in [0.4, 0.5) is 0 Å². The second kappa shape index (κ2) is 5.32. The molecule has 1 heterocycles. The van der Waals surface area contributed by atoms with Crippen molar-refractivity contribution < 1.29 is 9.53 Å². The van der Waals surface area contributed by atoms with Crippen molar-refractivity contribution >= 4 is 29.6 Å². The van der Waals surface area contributed by atoms with Crippen LogP contribution in [0, 0.1) is 4.77 Å². The summed E-state index contributed by atoms with van der Waals surface area (Å²) in [6, 6.07) is 6.72. The topological polar surface area (TPSA) is 59.9 Å². The summed E-state index contributed by atoms with van der Waals surface area (Å²) < 4.78 is 7.21. The lowest BCUT2D eigenvalue weighted by atomic mass is 10.3. The van der Waals surface area contributed by atoms with E-state index in [-0.39, 0.29) is 10.6 Å². The molecule has 0 radical (unpaired) electrons. The minimum Gasteiger partial charge on any atom is -0.461 e. The summed E-state index contributed by atoms with van der Waals surface area (Å²) in [5.74, 6) is 0.335. The van der Waals surface area contributed by atoms with Gasteiger partial charge in [0.1, 0.15) is 12.1 Å². The van der Waals surface area contributed by atoms with Gasteiger partial charge in [0.25, 0.3) is 6.23 Å². The molecule has 94 valence electrons. The van der Waals surface area contributed by atoms with Crippen LogP contribution in [-0.2, 0) is 4.79 Å². The van der Waals surface area contributed by atoms with E-state index in [0.29, 0.717) is 10.8 Å². The van der Waals surface area contributed by atoms with E-state index >= 15 is 0 Å². The number of hydrogen-bond donors (Lipinski definition) is 1. The van der Waals surface area contributed by atoms with Crippen LogP contribution in [0.25, 0.3) is 0 Å². The zero-order valence-corrected chi connectivity index (χ0v) is 11.0. The summed E-state index contributed by atoms with van der Waals surface area (Å²) >= 11 is 10.8. The summed E-state index contributed by atoms with van der Waals surface area (Å²) in [5.41, 5.74) is 0. The normalized spacial score (nSPS) is 12.1. The van der Waals surface area contributed by atoms with Crippen LogP contribution in [0.3, 0.4) is 0 Å². The van der Waals surface area contributed by atoms with Crippen molar-refractivity contribution in [3.8, 4) is 5.75 Å². The average molecular weight is 284 g/mol. The van der Waals surface area contributed by atoms with Gasteiger partial charge in [0.2, 0.25) is 4.77 Å². The molecule has 7 heteroatoms. The van der Waals surface area contributed by atoms with E-state index in [1.54, 1.807) is 24.3 Å². The van der Waals surface area contributed by atoms with Crippen LogP contribution < -0.4 is 4.74 Å². The summed E-state index contributed by atoms with van der Waals surface area (Å²) in [6.07, 6.45) is 0.546. The summed E-state index contributed by atoms with van der Waals surface area (Å²) in [4.78, 5) is 15.4. The van der Waals surface area contributed by atoms with Crippen molar-refractivity contribution in [2.24, 2.45) is 0 Å². The predicted octanol–water partition coefficient (Wildman–Crippen LogP) is 2.76. The largest absolute Gasteiger partial charge is 0.461 e. The Bertz CT molecular complexity index is 605. The minimum absolute atomic E-state index is 0.190. The van der Waals surface area contributed by atoms with Crippen LogP contribution in [-0.4, -0.2) is 20.5 Å². The number of H-pyrrole nitrogens is 1. The minimum atomic E-state index is -0.860. The van der Waals surface area contributed by atoms with Crippen molar-refractivity contribution in [1.82, 2.24) is 14.8 Å². The monoisotopic (exact) mass is 283 g/mol. The summed E-state index contributed by atoms with van der Waals surface area (Å²) in [7, 11) is 0. The van der Waals surface area contributed by atoms with E-state index in [1.165, 1.54) is 17.9 Å². The molecule has 1 atom stereocenters. The van der Waals surface area contributed by atoms with Crippen LogP contribution in [0.1, 0.15) is 13.2 Å². The number of carbonyl (C=O) groups excluding carboxylic acids is 1. The first-order valence-electron chi connectivity index (χ1n) is 5.12. The molecule has 0 spiro atoms. The second-order valence-corrected chi connectivity index (χ2v) is 4.38. The van der Waals surface area contributed by atoms with E-state index in [2.05, 4.69) is 10.1 Å². The molecule has 1 unspecified atom stereocenters. The van der Waals surface area contributed by atoms with Crippen molar-refractivity contribution in [2.45, 2.75) is 13.2 Å². The number of Topliss-reactive ketones (excluding diaryl/α,β-unsaturated/α-hetero) is 1. The van der Waals surface area contributed by atoms with Gasteiger partial charge in [-0.05, 0) is 36.5 Å². The fraction of sp³-hybridized carbons (Fsp3) is 0.182. The lowest BCUT2D eigenvalue weighted by Crippen LogP contribution is -2.24. The van der Waals surface area contributed by atoms with Gasteiger partial charge < -0.3 is 4.74 Å². The number of halogens is 1. The molecule has 1 aromatic carbocycles. The maximum absolute atomic E-state index is 11.6. The van der Waals surface area contributed by atoms with Crippen molar-refractivity contribution in [3.05, 3.63) is 40.4 Å². The molecule has 18 heavy (non-hydrogen) atoms. The lowest BCUT2D eigenvalue weighted by molar-refractivity contribution is -0.128. The fourth-order valence-corrected chi connectivity index (χ4v) is 1.72. The van der Waals surface area contributed by atoms with Gasteiger partial charge in [-0.3, -0.25) is 9.89 Å². The molecule has 0 saturated carbocycles. The lowest BCUT2D eigenvalue weighted by Gasteiger charge is -2.16. The number of benzene rings is 1. The Hall–Kier alpha value is -1.66. The van der Waals surface area contributed by atoms with E-state index < -0.39 is 6.23 Å². The molecular weight excluding hydrogens is 274 g/mol. The zero-order chi connectivity index (χ0) is 13.1. The maximum atomic E-state index is 11.6. The van der Waals surface area contributed by atoms with Crippen molar-refractivity contribution in [2.75, 3.05) is 0 Å². The molecule has 5 nitrogen and oxygen atoms in total.